The second-order valence-corrected chi connectivity index (χ2v) is 5.58. The quantitative estimate of drug-likeness (QED) is 0.398. The molecule has 0 saturated heterocycles. The molecule has 0 aliphatic carbocycles. The summed E-state index contributed by atoms with van der Waals surface area (Å²) in [6, 6.07) is 26.0. The van der Waals surface area contributed by atoms with Gasteiger partial charge in [0.05, 0.1) is 5.69 Å². The van der Waals surface area contributed by atoms with Crippen molar-refractivity contribution in [3.8, 4) is 0 Å². The van der Waals surface area contributed by atoms with E-state index in [2.05, 4.69) is 41.4 Å². The van der Waals surface area contributed by atoms with Crippen LogP contribution in [0.3, 0.4) is 0 Å². The van der Waals surface area contributed by atoms with Crippen molar-refractivity contribution >= 4 is 35.7 Å². The van der Waals surface area contributed by atoms with Gasteiger partial charge in [-0.05, 0) is 41.0 Å². The number of hydrogen-bond acceptors (Lipinski definition) is 1. The van der Waals surface area contributed by atoms with Gasteiger partial charge in [0.15, 0.2) is 0 Å². The van der Waals surface area contributed by atoms with Gasteiger partial charge in [0.1, 0.15) is 0 Å². The summed E-state index contributed by atoms with van der Waals surface area (Å²) in [6.45, 7) is 0. The van der Waals surface area contributed by atoms with Crippen LogP contribution in [0.5, 0.6) is 0 Å². The number of aliphatic imine (C=N–C) groups is 1. The van der Waals surface area contributed by atoms with Crippen molar-refractivity contribution in [3.05, 3.63) is 101 Å². The molecular weight excluding hydrogens is 302 g/mol. The third-order valence-electron chi connectivity index (χ3n) is 3.39. The summed E-state index contributed by atoms with van der Waals surface area (Å²) < 4.78 is 0. The van der Waals surface area contributed by atoms with E-state index in [4.69, 9.17) is 11.6 Å². The number of hydrogen-bond donors (Lipinski definition) is 0. The average molecular weight is 318 g/mol. The number of nitrogens with zero attached hydrogens (tertiary/aromatic N) is 1. The van der Waals surface area contributed by atoms with Gasteiger partial charge in [-0.25, -0.2) is 0 Å². The van der Waals surface area contributed by atoms with Gasteiger partial charge in [-0.15, -0.1) is 0 Å². The Labute approximate surface area is 141 Å². The van der Waals surface area contributed by atoms with Crippen LogP contribution in [-0.4, -0.2) is 6.21 Å². The van der Waals surface area contributed by atoms with Gasteiger partial charge >= 0.3 is 0 Å². The van der Waals surface area contributed by atoms with Crippen LogP contribution in [0.1, 0.15) is 16.7 Å². The summed E-state index contributed by atoms with van der Waals surface area (Å²) in [5.74, 6) is 0. The van der Waals surface area contributed by atoms with E-state index in [-0.39, 0.29) is 0 Å². The van der Waals surface area contributed by atoms with Crippen LogP contribution in [0, 0.1) is 0 Å². The zero-order valence-electron chi connectivity index (χ0n) is 12.6. The van der Waals surface area contributed by atoms with Crippen LogP contribution >= 0.6 is 11.6 Å². The lowest BCUT2D eigenvalue weighted by molar-refractivity contribution is 1.51. The molecule has 0 atom stereocenters. The Balaban J connectivity index is 1.67. The van der Waals surface area contributed by atoms with Crippen molar-refractivity contribution in [2.75, 3.05) is 0 Å². The first-order valence-corrected chi connectivity index (χ1v) is 7.80. The van der Waals surface area contributed by atoms with Gasteiger partial charge in [-0.3, -0.25) is 4.99 Å². The lowest BCUT2D eigenvalue weighted by Gasteiger charge is -1.97. The maximum Gasteiger partial charge on any atom is 0.0630 e. The minimum atomic E-state index is 0.733. The summed E-state index contributed by atoms with van der Waals surface area (Å²) in [5, 5.41) is 0.733. The van der Waals surface area contributed by atoms with Crippen LogP contribution in [0.15, 0.2) is 83.9 Å². The van der Waals surface area contributed by atoms with E-state index in [0.717, 1.165) is 21.8 Å². The van der Waals surface area contributed by atoms with Crippen molar-refractivity contribution in [2.45, 2.75) is 0 Å². The molecule has 3 aromatic carbocycles. The highest BCUT2D eigenvalue weighted by atomic mass is 35.5. The van der Waals surface area contributed by atoms with Crippen LogP contribution in [0.25, 0.3) is 12.2 Å². The van der Waals surface area contributed by atoms with Gasteiger partial charge < -0.3 is 0 Å². The summed E-state index contributed by atoms with van der Waals surface area (Å²) in [6.07, 6.45) is 6.04. The Morgan fingerprint density at radius 1 is 0.609 bits per heavy atom. The molecule has 0 bridgehead atoms. The largest absolute Gasteiger partial charge is 0.256 e. The monoisotopic (exact) mass is 317 g/mol. The molecule has 2 heteroatoms. The highest BCUT2D eigenvalue weighted by Crippen LogP contribution is 2.16. The summed E-state index contributed by atoms with van der Waals surface area (Å²) in [7, 11) is 0. The van der Waals surface area contributed by atoms with E-state index in [1.807, 2.05) is 60.8 Å². The molecule has 0 radical (unpaired) electrons. The lowest BCUT2D eigenvalue weighted by atomic mass is 10.1. The first-order valence-electron chi connectivity index (χ1n) is 7.42. The minimum Gasteiger partial charge on any atom is -0.256 e. The summed E-state index contributed by atoms with van der Waals surface area (Å²) in [4.78, 5) is 4.47. The topological polar surface area (TPSA) is 12.4 Å². The highest BCUT2D eigenvalue weighted by Gasteiger charge is 1.92. The van der Waals surface area contributed by atoms with Gasteiger partial charge in [-0.1, -0.05) is 78.4 Å². The Morgan fingerprint density at radius 2 is 1.17 bits per heavy atom. The first-order chi connectivity index (χ1) is 11.3. The van der Waals surface area contributed by atoms with Crippen molar-refractivity contribution in [2.24, 2.45) is 4.99 Å². The fourth-order valence-corrected chi connectivity index (χ4v) is 2.25. The smallest absolute Gasteiger partial charge is 0.0630 e. The third-order valence-corrected chi connectivity index (χ3v) is 3.65. The molecule has 0 aliphatic heterocycles. The maximum atomic E-state index is 5.87. The van der Waals surface area contributed by atoms with Crippen molar-refractivity contribution < 1.29 is 0 Å². The van der Waals surface area contributed by atoms with E-state index in [0.29, 0.717) is 0 Å². The van der Waals surface area contributed by atoms with Crippen molar-refractivity contribution in [1.82, 2.24) is 0 Å². The zero-order chi connectivity index (χ0) is 15.9. The van der Waals surface area contributed by atoms with Crippen molar-refractivity contribution in [3.63, 3.8) is 0 Å². The molecule has 0 heterocycles. The fraction of sp³-hybridized carbons (Fsp3) is 0. The zero-order valence-corrected chi connectivity index (χ0v) is 13.3. The molecule has 0 fully saturated rings. The Hall–Kier alpha value is -2.64. The van der Waals surface area contributed by atoms with E-state index in [9.17, 15) is 0 Å². The number of halogens is 1. The standard InChI is InChI=1S/C21H16ClN/c22-20-12-8-19(9-13-20)16-23-21-14-10-18(11-15-21)7-6-17-4-2-1-3-5-17/h1-16H/b7-6+,23-16?. The SMILES string of the molecule is Clc1ccc(C=Nc2ccc(/C=C/c3ccccc3)cc2)cc1. The van der Waals surface area contributed by atoms with E-state index >= 15 is 0 Å². The highest BCUT2D eigenvalue weighted by molar-refractivity contribution is 6.30. The Kier molecular flexibility index (Phi) is 5.02. The van der Waals surface area contributed by atoms with Gasteiger partial charge in [0, 0.05) is 11.2 Å². The second kappa shape index (κ2) is 7.57. The molecular formula is C21H16ClN. The Morgan fingerprint density at radius 3 is 1.83 bits per heavy atom. The molecule has 0 unspecified atom stereocenters. The van der Waals surface area contributed by atoms with Gasteiger partial charge in [0.25, 0.3) is 0 Å². The van der Waals surface area contributed by atoms with Crippen LogP contribution in [0.4, 0.5) is 5.69 Å². The maximum absolute atomic E-state index is 5.87. The molecule has 0 aliphatic rings. The molecule has 23 heavy (non-hydrogen) atoms. The Bertz CT molecular complexity index is 801. The molecule has 3 aromatic rings. The predicted octanol–water partition coefficient (Wildman–Crippen LogP) is 6.26. The third kappa shape index (κ3) is 4.67. The average Bonchev–Trinajstić information content (AvgIpc) is 2.61. The molecule has 0 N–H and O–H groups in total. The lowest BCUT2D eigenvalue weighted by Crippen LogP contribution is -1.79. The van der Waals surface area contributed by atoms with Gasteiger partial charge in [0.2, 0.25) is 0 Å². The molecule has 0 spiro atoms. The van der Waals surface area contributed by atoms with Gasteiger partial charge in [-0.2, -0.15) is 0 Å². The van der Waals surface area contributed by atoms with Crippen LogP contribution in [-0.2, 0) is 0 Å². The molecule has 112 valence electrons. The molecule has 0 aromatic heterocycles. The van der Waals surface area contributed by atoms with E-state index < -0.39 is 0 Å². The van der Waals surface area contributed by atoms with E-state index in [1.54, 1.807) is 0 Å². The number of benzene rings is 3. The fourth-order valence-electron chi connectivity index (χ4n) is 2.13. The summed E-state index contributed by atoms with van der Waals surface area (Å²) in [5.41, 5.74) is 4.30. The van der Waals surface area contributed by atoms with E-state index in [1.165, 1.54) is 5.56 Å². The first kappa shape index (κ1) is 15.3. The number of rotatable bonds is 4. The minimum absolute atomic E-state index is 0.733. The van der Waals surface area contributed by atoms with Crippen LogP contribution in [0.2, 0.25) is 5.02 Å². The van der Waals surface area contributed by atoms with Crippen LogP contribution < -0.4 is 0 Å². The predicted molar refractivity (Wildman–Crippen MR) is 101 cm³/mol. The molecule has 3 rings (SSSR count). The second-order valence-electron chi connectivity index (χ2n) is 5.15. The molecule has 1 nitrogen and oxygen atoms in total. The molecule has 0 amide bonds. The summed E-state index contributed by atoms with van der Waals surface area (Å²) >= 11 is 5.87. The molecule has 0 saturated carbocycles. The van der Waals surface area contributed by atoms with Crippen molar-refractivity contribution in [1.29, 1.82) is 0 Å². The normalized spacial score (nSPS) is 11.3.